The molecule has 3 N–H and O–H groups in total. The Morgan fingerprint density at radius 3 is 2.32 bits per heavy atom. The summed E-state index contributed by atoms with van der Waals surface area (Å²) in [6.07, 6.45) is -0.460. The smallest absolute Gasteiger partial charge is 0.144 e. The molecule has 5 heteroatoms. The average molecular weight is 298 g/mol. The highest BCUT2D eigenvalue weighted by atomic mass is 35.5. The van der Waals surface area contributed by atoms with E-state index in [4.69, 9.17) is 33.7 Å². The quantitative estimate of drug-likeness (QED) is 0.664. The van der Waals surface area contributed by atoms with Crippen LogP contribution < -0.4 is 5.73 Å². The summed E-state index contributed by atoms with van der Waals surface area (Å²) in [5.41, 5.74) is 7.30. The number of nitrogens with two attached hydrogens (primary N) is 1. The minimum absolute atomic E-state index is 0.0220. The first-order valence-electron chi connectivity index (χ1n) is 5.59. The van der Waals surface area contributed by atoms with Gasteiger partial charge in [-0.25, -0.2) is 0 Å². The predicted octanol–water partition coefficient (Wildman–Crippen LogP) is 4.02. The molecule has 0 aromatic heterocycles. The fraction of sp³-hybridized carbons (Fsp3) is 0.143. The van der Waals surface area contributed by atoms with Crippen molar-refractivity contribution in [3.8, 4) is 5.75 Å². The van der Waals surface area contributed by atoms with Crippen LogP contribution >= 0.6 is 23.2 Å². The third kappa shape index (κ3) is 2.95. The first-order chi connectivity index (χ1) is 9.02. The largest absolute Gasteiger partial charge is 0.505 e. The van der Waals surface area contributed by atoms with Crippen LogP contribution in [0, 0.1) is 0 Å². The molecule has 0 saturated carbocycles. The maximum Gasteiger partial charge on any atom is 0.144 e. The van der Waals surface area contributed by atoms with Gasteiger partial charge in [0.05, 0.1) is 5.69 Å². The summed E-state index contributed by atoms with van der Waals surface area (Å²) in [7, 11) is 1.55. The summed E-state index contributed by atoms with van der Waals surface area (Å²) in [6, 6.07) is 10.3. The molecule has 2 aromatic rings. The number of anilines is 1. The molecule has 2 rings (SSSR count). The first-order valence-corrected chi connectivity index (χ1v) is 6.34. The average Bonchev–Trinajstić information content (AvgIpc) is 2.38. The van der Waals surface area contributed by atoms with Crippen molar-refractivity contribution in [2.45, 2.75) is 6.10 Å². The van der Waals surface area contributed by atoms with E-state index in [0.717, 1.165) is 5.56 Å². The lowest BCUT2D eigenvalue weighted by Crippen LogP contribution is -2.05. The van der Waals surface area contributed by atoms with Gasteiger partial charge in [0.25, 0.3) is 0 Å². The lowest BCUT2D eigenvalue weighted by Gasteiger charge is -2.19. The summed E-state index contributed by atoms with van der Waals surface area (Å²) in [6.45, 7) is 0. The Balaban J connectivity index is 2.50. The van der Waals surface area contributed by atoms with Crippen LogP contribution in [0.4, 0.5) is 5.69 Å². The minimum Gasteiger partial charge on any atom is -0.505 e. The molecule has 0 amide bonds. The van der Waals surface area contributed by atoms with E-state index < -0.39 is 6.10 Å². The van der Waals surface area contributed by atoms with Crippen molar-refractivity contribution < 1.29 is 9.84 Å². The zero-order valence-corrected chi connectivity index (χ0v) is 11.7. The van der Waals surface area contributed by atoms with Crippen LogP contribution in [0.5, 0.6) is 5.75 Å². The Bertz CT molecular complexity index is 585. The van der Waals surface area contributed by atoms with Crippen LogP contribution in [0.15, 0.2) is 36.4 Å². The molecule has 100 valence electrons. The molecule has 0 radical (unpaired) electrons. The first kappa shape index (κ1) is 14.0. The maximum atomic E-state index is 10.0. The molecular weight excluding hydrogens is 285 g/mol. The van der Waals surface area contributed by atoms with E-state index in [9.17, 15) is 5.11 Å². The molecule has 1 atom stereocenters. The summed E-state index contributed by atoms with van der Waals surface area (Å²) in [5, 5.41) is 11.1. The fourth-order valence-electron chi connectivity index (χ4n) is 1.92. The van der Waals surface area contributed by atoms with Crippen LogP contribution in [-0.4, -0.2) is 12.2 Å². The van der Waals surface area contributed by atoms with Crippen LogP contribution in [-0.2, 0) is 4.74 Å². The molecule has 3 nitrogen and oxygen atoms in total. The number of aromatic hydroxyl groups is 1. The van der Waals surface area contributed by atoms with Gasteiger partial charge in [-0.05, 0) is 29.8 Å². The van der Waals surface area contributed by atoms with E-state index in [1.807, 2.05) is 12.1 Å². The molecule has 0 aliphatic carbocycles. The molecule has 1 unspecified atom stereocenters. The standard InChI is InChI=1S/C14H13Cl2NO2/c1-19-14(8-2-4-9(15)5-3-8)11-6-10(16)7-12(17)13(11)18/h2-7,14,18H,17H2,1H3. The van der Waals surface area contributed by atoms with Crippen LogP contribution in [0.2, 0.25) is 10.0 Å². The number of hydrogen-bond donors (Lipinski definition) is 2. The van der Waals surface area contributed by atoms with Crippen molar-refractivity contribution in [2.75, 3.05) is 12.8 Å². The lowest BCUT2D eigenvalue weighted by atomic mass is 10.00. The van der Waals surface area contributed by atoms with E-state index in [1.54, 1.807) is 25.3 Å². The Morgan fingerprint density at radius 1 is 1.11 bits per heavy atom. The van der Waals surface area contributed by atoms with Gasteiger partial charge in [0, 0.05) is 22.7 Å². The number of halogens is 2. The van der Waals surface area contributed by atoms with Gasteiger partial charge in [-0.15, -0.1) is 0 Å². The van der Waals surface area contributed by atoms with E-state index in [2.05, 4.69) is 0 Å². The summed E-state index contributed by atoms with van der Waals surface area (Å²) < 4.78 is 5.44. The highest BCUT2D eigenvalue weighted by Crippen LogP contribution is 2.37. The maximum absolute atomic E-state index is 10.0. The summed E-state index contributed by atoms with van der Waals surface area (Å²) >= 11 is 11.8. The summed E-state index contributed by atoms with van der Waals surface area (Å²) in [4.78, 5) is 0. The van der Waals surface area contributed by atoms with Crippen molar-refractivity contribution in [3.05, 3.63) is 57.6 Å². The number of rotatable bonds is 3. The molecule has 0 heterocycles. The van der Waals surface area contributed by atoms with Gasteiger partial charge >= 0.3 is 0 Å². The molecule has 0 fully saturated rings. The molecule has 19 heavy (non-hydrogen) atoms. The van der Waals surface area contributed by atoms with Gasteiger partial charge < -0.3 is 15.6 Å². The Labute approximate surface area is 121 Å². The van der Waals surface area contributed by atoms with Crippen LogP contribution in [0.3, 0.4) is 0 Å². The van der Waals surface area contributed by atoms with Gasteiger partial charge in [-0.1, -0.05) is 35.3 Å². The topological polar surface area (TPSA) is 55.5 Å². The molecule has 0 bridgehead atoms. The van der Waals surface area contributed by atoms with Gasteiger partial charge in [0.15, 0.2) is 0 Å². The molecule has 2 aromatic carbocycles. The molecular formula is C14H13Cl2NO2. The lowest BCUT2D eigenvalue weighted by molar-refractivity contribution is 0.134. The van der Waals surface area contributed by atoms with Gasteiger partial charge in [0.1, 0.15) is 11.9 Å². The van der Waals surface area contributed by atoms with E-state index in [0.29, 0.717) is 15.6 Å². The van der Waals surface area contributed by atoms with Crippen molar-refractivity contribution in [3.63, 3.8) is 0 Å². The van der Waals surface area contributed by atoms with E-state index in [1.165, 1.54) is 6.07 Å². The van der Waals surface area contributed by atoms with Crippen molar-refractivity contribution in [1.29, 1.82) is 0 Å². The highest BCUT2D eigenvalue weighted by molar-refractivity contribution is 6.31. The van der Waals surface area contributed by atoms with Crippen LogP contribution in [0.25, 0.3) is 0 Å². The number of methoxy groups -OCH3 is 1. The third-order valence-electron chi connectivity index (χ3n) is 2.82. The number of hydrogen-bond acceptors (Lipinski definition) is 3. The monoisotopic (exact) mass is 297 g/mol. The van der Waals surface area contributed by atoms with Gasteiger partial charge in [-0.2, -0.15) is 0 Å². The second-order valence-electron chi connectivity index (χ2n) is 4.10. The SMILES string of the molecule is COC(c1ccc(Cl)cc1)c1cc(Cl)cc(N)c1O. The second kappa shape index (κ2) is 5.70. The van der Waals surface area contributed by atoms with Crippen molar-refractivity contribution in [1.82, 2.24) is 0 Å². The second-order valence-corrected chi connectivity index (χ2v) is 4.97. The molecule has 0 spiro atoms. The normalized spacial score (nSPS) is 12.4. The van der Waals surface area contributed by atoms with E-state index in [-0.39, 0.29) is 11.4 Å². The third-order valence-corrected chi connectivity index (χ3v) is 3.29. The molecule has 0 aliphatic rings. The minimum atomic E-state index is -0.460. The Kier molecular flexibility index (Phi) is 4.20. The number of phenols is 1. The zero-order chi connectivity index (χ0) is 14.0. The molecule has 0 saturated heterocycles. The van der Waals surface area contributed by atoms with Crippen LogP contribution in [0.1, 0.15) is 17.2 Å². The van der Waals surface area contributed by atoms with E-state index >= 15 is 0 Å². The number of phenolic OH excluding ortho intramolecular Hbond substituents is 1. The Morgan fingerprint density at radius 2 is 1.74 bits per heavy atom. The van der Waals surface area contributed by atoms with Gasteiger partial charge in [-0.3, -0.25) is 0 Å². The molecule has 0 aliphatic heterocycles. The number of nitrogen functional groups attached to an aromatic ring is 1. The predicted molar refractivity (Wildman–Crippen MR) is 77.8 cm³/mol. The zero-order valence-electron chi connectivity index (χ0n) is 10.2. The van der Waals surface area contributed by atoms with Gasteiger partial charge in [0.2, 0.25) is 0 Å². The van der Waals surface area contributed by atoms with Crippen molar-refractivity contribution in [2.24, 2.45) is 0 Å². The Hall–Kier alpha value is -1.42. The fourth-order valence-corrected chi connectivity index (χ4v) is 2.28. The highest BCUT2D eigenvalue weighted by Gasteiger charge is 2.19. The van der Waals surface area contributed by atoms with Crippen molar-refractivity contribution >= 4 is 28.9 Å². The summed E-state index contributed by atoms with van der Waals surface area (Å²) in [5.74, 6) is -0.0220. The number of ether oxygens (including phenoxy) is 1. The number of benzene rings is 2.